The Morgan fingerprint density at radius 1 is 1.37 bits per heavy atom. The Kier molecular flexibility index (Phi) is 5.52. The van der Waals surface area contributed by atoms with Crippen molar-refractivity contribution < 1.29 is 0 Å². The van der Waals surface area contributed by atoms with E-state index in [1.165, 1.54) is 19.3 Å². The molecule has 1 aliphatic heterocycles. The second kappa shape index (κ2) is 6.94. The van der Waals surface area contributed by atoms with Crippen LogP contribution >= 0.6 is 23.2 Å². The Balaban J connectivity index is 2.07. The SMILES string of the molecule is CCC1CCN(Cc2cc(Cl)ccc2Cl)C(CN)C1. The van der Waals surface area contributed by atoms with Gasteiger partial charge in [-0.3, -0.25) is 4.90 Å². The van der Waals surface area contributed by atoms with E-state index in [1.807, 2.05) is 18.2 Å². The molecule has 2 atom stereocenters. The molecule has 2 unspecified atom stereocenters. The lowest BCUT2D eigenvalue weighted by atomic mass is 9.88. The molecule has 1 aromatic rings. The summed E-state index contributed by atoms with van der Waals surface area (Å²) in [6, 6.07) is 6.13. The van der Waals surface area contributed by atoms with E-state index in [4.69, 9.17) is 28.9 Å². The standard InChI is InChI=1S/C15H22Cl2N2/c1-2-11-5-6-19(14(7-11)9-18)10-12-8-13(16)3-4-15(12)17/h3-4,8,11,14H,2,5-7,9-10,18H2,1H3. The second-order valence-electron chi connectivity index (χ2n) is 5.39. The minimum atomic E-state index is 0.466. The zero-order valence-electron chi connectivity index (χ0n) is 11.4. The molecule has 1 aliphatic rings. The third-order valence-electron chi connectivity index (χ3n) is 4.18. The molecule has 1 saturated heterocycles. The average molecular weight is 301 g/mol. The Morgan fingerprint density at radius 2 is 2.16 bits per heavy atom. The third-order valence-corrected chi connectivity index (χ3v) is 4.78. The monoisotopic (exact) mass is 300 g/mol. The molecule has 0 aliphatic carbocycles. The zero-order chi connectivity index (χ0) is 13.8. The highest BCUT2D eigenvalue weighted by molar-refractivity contribution is 6.33. The van der Waals surface area contributed by atoms with E-state index < -0.39 is 0 Å². The summed E-state index contributed by atoms with van der Waals surface area (Å²) < 4.78 is 0. The predicted molar refractivity (Wildman–Crippen MR) is 82.7 cm³/mol. The van der Waals surface area contributed by atoms with E-state index in [2.05, 4.69) is 11.8 Å². The zero-order valence-corrected chi connectivity index (χ0v) is 12.9. The number of hydrogen-bond donors (Lipinski definition) is 1. The molecule has 4 heteroatoms. The van der Waals surface area contributed by atoms with Gasteiger partial charge in [0.15, 0.2) is 0 Å². The number of likely N-dealkylation sites (tertiary alicyclic amines) is 1. The summed E-state index contributed by atoms with van der Waals surface area (Å²) in [7, 11) is 0. The van der Waals surface area contributed by atoms with Crippen LogP contribution in [0.15, 0.2) is 18.2 Å². The highest BCUT2D eigenvalue weighted by Crippen LogP contribution is 2.28. The molecule has 2 N–H and O–H groups in total. The van der Waals surface area contributed by atoms with Gasteiger partial charge in [-0.05, 0) is 49.1 Å². The summed E-state index contributed by atoms with van der Waals surface area (Å²) in [6.07, 6.45) is 3.71. The number of nitrogens with two attached hydrogens (primary N) is 1. The van der Waals surface area contributed by atoms with Crippen LogP contribution in [0.4, 0.5) is 0 Å². The first kappa shape index (κ1) is 15.1. The van der Waals surface area contributed by atoms with Crippen LogP contribution in [-0.2, 0) is 6.54 Å². The topological polar surface area (TPSA) is 29.3 Å². The van der Waals surface area contributed by atoms with Crippen LogP contribution in [0.5, 0.6) is 0 Å². The van der Waals surface area contributed by atoms with E-state index in [1.54, 1.807) is 0 Å². The van der Waals surface area contributed by atoms with Crippen LogP contribution in [0.3, 0.4) is 0 Å². The van der Waals surface area contributed by atoms with Gasteiger partial charge in [-0.1, -0.05) is 36.5 Å². The van der Waals surface area contributed by atoms with Gasteiger partial charge < -0.3 is 5.73 Å². The molecule has 0 amide bonds. The summed E-state index contributed by atoms with van der Waals surface area (Å²) in [5, 5.41) is 1.53. The molecule has 1 heterocycles. The maximum absolute atomic E-state index is 6.25. The number of hydrogen-bond acceptors (Lipinski definition) is 2. The van der Waals surface area contributed by atoms with Gasteiger partial charge in [0.05, 0.1) is 0 Å². The fraction of sp³-hybridized carbons (Fsp3) is 0.600. The van der Waals surface area contributed by atoms with Crippen LogP contribution in [0.25, 0.3) is 0 Å². The summed E-state index contributed by atoms with van der Waals surface area (Å²) in [5.41, 5.74) is 7.03. The van der Waals surface area contributed by atoms with Crippen molar-refractivity contribution in [1.82, 2.24) is 4.90 Å². The van der Waals surface area contributed by atoms with Gasteiger partial charge in [0.2, 0.25) is 0 Å². The fourth-order valence-corrected chi connectivity index (χ4v) is 3.26. The molecule has 0 aromatic heterocycles. The Morgan fingerprint density at radius 3 is 2.84 bits per heavy atom. The first-order chi connectivity index (χ1) is 9.13. The van der Waals surface area contributed by atoms with E-state index in [9.17, 15) is 0 Å². The predicted octanol–water partition coefficient (Wildman–Crippen LogP) is 3.94. The van der Waals surface area contributed by atoms with Crippen molar-refractivity contribution in [2.75, 3.05) is 13.1 Å². The van der Waals surface area contributed by atoms with Gasteiger partial charge in [0.25, 0.3) is 0 Å². The molecule has 0 bridgehead atoms. The van der Waals surface area contributed by atoms with E-state index in [-0.39, 0.29) is 0 Å². The number of benzene rings is 1. The first-order valence-corrected chi connectivity index (χ1v) is 7.77. The van der Waals surface area contributed by atoms with Crippen molar-refractivity contribution in [2.24, 2.45) is 11.7 Å². The Hall–Kier alpha value is -0.280. The minimum absolute atomic E-state index is 0.466. The van der Waals surface area contributed by atoms with Crippen LogP contribution in [-0.4, -0.2) is 24.0 Å². The largest absolute Gasteiger partial charge is 0.329 e. The summed E-state index contributed by atoms with van der Waals surface area (Å²) in [5.74, 6) is 0.819. The Labute approximate surface area is 125 Å². The molecule has 0 spiro atoms. The number of rotatable bonds is 4. The van der Waals surface area contributed by atoms with Crippen molar-refractivity contribution in [1.29, 1.82) is 0 Å². The van der Waals surface area contributed by atoms with Gasteiger partial charge in [-0.15, -0.1) is 0 Å². The quantitative estimate of drug-likeness (QED) is 0.912. The number of nitrogens with zero attached hydrogens (tertiary/aromatic N) is 1. The summed E-state index contributed by atoms with van der Waals surface area (Å²) in [4.78, 5) is 2.45. The van der Waals surface area contributed by atoms with Gasteiger partial charge >= 0.3 is 0 Å². The van der Waals surface area contributed by atoms with Crippen LogP contribution < -0.4 is 5.73 Å². The van der Waals surface area contributed by atoms with E-state index in [0.717, 1.165) is 34.6 Å². The normalized spacial score (nSPS) is 24.6. The van der Waals surface area contributed by atoms with Gasteiger partial charge in [-0.25, -0.2) is 0 Å². The van der Waals surface area contributed by atoms with E-state index in [0.29, 0.717) is 12.6 Å². The number of halogens is 2. The first-order valence-electron chi connectivity index (χ1n) is 7.02. The van der Waals surface area contributed by atoms with Crippen molar-refractivity contribution in [3.05, 3.63) is 33.8 Å². The molecular weight excluding hydrogens is 279 g/mol. The lowest BCUT2D eigenvalue weighted by Crippen LogP contribution is -2.46. The third kappa shape index (κ3) is 3.85. The lowest BCUT2D eigenvalue weighted by molar-refractivity contribution is 0.107. The average Bonchev–Trinajstić information content (AvgIpc) is 2.43. The van der Waals surface area contributed by atoms with Crippen LogP contribution in [0.2, 0.25) is 10.0 Å². The summed E-state index contributed by atoms with van der Waals surface area (Å²) >= 11 is 12.3. The molecule has 19 heavy (non-hydrogen) atoms. The highest BCUT2D eigenvalue weighted by atomic mass is 35.5. The van der Waals surface area contributed by atoms with Crippen LogP contribution in [0, 0.1) is 5.92 Å². The molecule has 1 aromatic carbocycles. The molecule has 0 radical (unpaired) electrons. The van der Waals surface area contributed by atoms with Crippen molar-refractivity contribution in [2.45, 2.75) is 38.8 Å². The maximum Gasteiger partial charge on any atom is 0.0452 e. The molecule has 106 valence electrons. The van der Waals surface area contributed by atoms with E-state index >= 15 is 0 Å². The van der Waals surface area contributed by atoms with Gasteiger partial charge in [0, 0.05) is 29.2 Å². The second-order valence-corrected chi connectivity index (χ2v) is 6.24. The molecule has 0 saturated carbocycles. The molecule has 1 fully saturated rings. The van der Waals surface area contributed by atoms with Gasteiger partial charge in [-0.2, -0.15) is 0 Å². The number of piperidine rings is 1. The maximum atomic E-state index is 6.25. The molecule has 2 nitrogen and oxygen atoms in total. The van der Waals surface area contributed by atoms with Crippen molar-refractivity contribution in [3.8, 4) is 0 Å². The van der Waals surface area contributed by atoms with Gasteiger partial charge in [0.1, 0.15) is 0 Å². The molecular formula is C15H22Cl2N2. The van der Waals surface area contributed by atoms with Crippen molar-refractivity contribution in [3.63, 3.8) is 0 Å². The summed E-state index contributed by atoms with van der Waals surface area (Å²) in [6.45, 7) is 4.93. The lowest BCUT2D eigenvalue weighted by Gasteiger charge is -2.39. The van der Waals surface area contributed by atoms with Crippen LogP contribution in [0.1, 0.15) is 31.7 Å². The Bertz CT molecular complexity index is 423. The smallest absolute Gasteiger partial charge is 0.0452 e. The molecule has 2 rings (SSSR count). The minimum Gasteiger partial charge on any atom is -0.329 e. The van der Waals surface area contributed by atoms with Crippen molar-refractivity contribution >= 4 is 23.2 Å². The fourth-order valence-electron chi connectivity index (χ4n) is 2.89. The highest BCUT2D eigenvalue weighted by Gasteiger charge is 2.26.